The topological polar surface area (TPSA) is 72.0 Å². The fourth-order valence-electron chi connectivity index (χ4n) is 2.86. The maximum atomic E-state index is 5.50. The zero-order valence-electron chi connectivity index (χ0n) is 14.4. The first-order valence-corrected chi connectivity index (χ1v) is 9.46. The molecule has 0 radical (unpaired) electrons. The SMILES string of the molecule is CCOCc1nc2c(c(NCCc3scnc3C)n1)CCNCC2. The van der Waals surface area contributed by atoms with Crippen LogP contribution < -0.4 is 10.6 Å². The van der Waals surface area contributed by atoms with Gasteiger partial charge in [-0.15, -0.1) is 11.3 Å². The first kappa shape index (κ1) is 17.3. The van der Waals surface area contributed by atoms with Crippen molar-refractivity contribution in [2.75, 3.05) is 31.6 Å². The molecule has 3 heterocycles. The van der Waals surface area contributed by atoms with Crippen LogP contribution in [0.1, 0.15) is 34.6 Å². The van der Waals surface area contributed by atoms with Gasteiger partial charge in [0.2, 0.25) is 0 Å². The van der Waals surface area contributed by atoms with Crippen LogP contribution in [0.15, 0.2) is 5.51 Å². The van der Waals surface area contributed by atoms with E-state index in [1.54, 1.807) is 11.3 Å². The monoisotopic (exact) mass is 347 g/mol. The fraction of sp³-hybridized carbons (Fsp3) is 0.588. The lowest BCUT2D eigenvalue weighted by Gasteiger charge is -2.14. The summed E-state index contributed by atoms with van der Waals surface area (Å²) in [6.45, 7) is 8.00. The van der Waals surface area contributed by atoms with Gasteiger partial charge in [-0.05, 0) is 26.8 Å². The molecule has 7 heteroatoms. The van der Waals surface area contributed by atoms with Gasteiger partial charge in [0.05, 0.1) is 16.9 Å². The molecule has 0 unspecified atom stereocenters. The van der Waals surface area contributed by atoms with Crippen molar-refractivity contribution in [3.63, 3.8) is 0 Å². The third-order valence-electron chi connectivity index (χ3n) is 4.15. The lowest BCUT2D eigenvalue weighted by molar-refractivity contribution is 0.128. The number of aromatic nitrogens is 3. The van der Waals surface area contributed by atoms with Crippen molar-refractivity contribution in [2.24, 2.45) is 0 Å². The minimum Gasteiger partial charge on any atom is -0.374 e. The highest BCUT2D eigenvalue weighted by molar-refractivity contribution is 7.09. The van der Waals surface area contributed by atoms with Gasteiger partial charge in [0.25, 0.3) is 0 Å². The molecule has 3 rings (SSSR count). The average molecular weight is 347 g/mol. The third-order valence-corrected chi connectivity index (χ3v) is 5.15. The lowest BCUT2D eigenvalue weighted by atomic mass is 10.1. The summed E-state index contributed by atoms with van der Waals surface area (Å²) in [5, 5.41) is 6.96. The number of hydrogen-bond donors (Lipinski definition) is 2. The Morgan fingerprint density at radius 2 is 2.17 bits per heavy atom. The molecular formula is C17H25N5OS. The summed E-state index contributed by atoms with van der Waals surface area (Å²) in [7, 11) is 0. The van der Waals surface area contributed by atoms with E-state index in [1.165, 1.54) is 10.4 Å². The van der Waals surface area contributed by atoms with Gasteiger partial charge in [0, 0.05) is 43.0 Å². The molecule has 0 fully saturated rings. The van der Waals surface area contributed by atoms with E-state index < -0.39 is 0 Å². The molecule has 0 saturated heterocycles. The van der Waals surface area contributed by atoms with Crippen LogP contribution >= 0.6 is 11.3 Å². The van der Waals surface area contributed by atoms with E-state index in [1.807, 2.05) is 12.4 Å². The molecule has 2 aromatic rings. The van der Waals surface area contributed by atoms with Gasteiger partial charge in [0.15, 0.2) is 5.82 Å². The summed E-state index contributed by atoms with van der Waals surface area (Å²) >= 11 is 1.72. The van der Waals surface area contributed by atoms with Crippen molar-refractivity contribution in [1.29, 1.82) is 0 Å². The molecule has 6 nitrogen and oxygen atoms in total. The Morgan fingerprint density at radius 3 is 2.96 bits per heavy atom. The Labute approximate surface area is 147 Å². The minimum atomic E-state index is 0.472. The van der Waals surface area contributed by atoms with Crippen molar-refractivity contribution >= 4 is 17.2 Å². The lowest BCUT2D eigenvalue weighted by Crippen LogP contribution is -2.16. The summed E-state index contributed by atoms with van der Waals surface area (Å²) in [6, 6.07) is 0. The van der Waals surface area contributed by atoms with Gasteiger partial charge in [-0.1, -0.05) is 0 Å². The summed E-state index contributed by atoms with van der Waals surface area (Å²) < 4.78 is 5.50. The van der Waals surface area contributed by atoms with Gasteiger partial charge in [-0.25, -0.2) is 15.0 Å². The molecule has 2 aromatic heterocycles. The van der Waals surface area contributed by atoms with E-state index in [0.717, 1.165) is 61.9 Å². The summed E-state index contributed by atoms with van der Waals surface area (Å²) in [5.41, 5.74) is 5.44. The second-order valence-corrected chi connectivity index (χ2v) is 6.78. The van der Waals surface area contributed by atoms with Crippen molar-refractivity contribution in [2.45, 2.75) is 39.7 Å². The van der Waals surface area contributed by atoms with Gasteiger partial charge in [-0.3, -0.25) is 0 Å². The Bertz CT molecular complexity index is 673. The zero-order valence-corrected chi connectivity index (χ0v) is 15.2. The maximum Gasteiger partial charge on any atom is 0.156 e. The quantitative estimate of drug-likeness (QED) is 0.799. The molecule has 0 aliphatic carbocycles. The highest BCUT2D eigenvalue weighted by atomic mass is 32.1. The van der Waals surface area contributed by atoms with Crippen LogP contribution in [0.4, 0.5) is 5.82 Å². The van der Waals surface area contributed by atoms with Crippen LogP contribution in [0.3, 0.4) is 0 Å². The molecule has 1 aliphatic rings. The first-order chi connectivity index (χ1) is 11.8. The van der Waals surface area contributed by atoms with Crippen LogP contribution in [0, 0.1) is 6.92 Å². The fourth-order valence-corrected chi connectivity index (χ4v) is 3.64. The van der Waals surface area contributed by atoms with E-state index in [0.29, 0.717) is 13.2 Å². The maximum absolute atomic E-state index is 5.50. The predicted octanol–water partition coefficient (Wildman–Crippen LogP) is 2.12. The van der Waals surface area contributed by atoms with Crippen molar-refractivity contribution in [1.82, 2.24) is 20.3 Å². The van der Waals surface area contributed by atoms with Crippen LogP contribution in [-0.4, -0.2) is 41.2 Å². The number of anilines is 1. The van der Waals surface area contributed by atoms with E-state index in [2.05, 4.69) is 22.5 Å². The molecule has 130 valence electrons. The molecule has 0 atom stereocenters. The predicted molar refractivity (Wildman–Crippen MR) is 96.7 cm³/mol. The second-order valence-electron chi connectivity index (χ2n) is 5.84. The summed E-state index contributed by atoms with van der Waals surface area (Å²) in [6.07, 6.45) is 2.88. The van der Waals surface area contributed by atoms with Crippen LogP contribution in [-0.2, 0) is 30.6 Å². The van der Waals surface area contributed by atoms with Crippen molar-refractivity contribution in [3.05, 3.63) is 33.2 Å². The summed E-state index contributed by atoms with van der Waals surface area (Å²) in [4.78, 5) is 15.1. The average Bonchev–Trinajstić information content (AvgIpc) is 2.84. The van der Waals surface area contributed by atoms with Crippen molar-refractivity contribution in [3.8, 4) is 0 Å². The van der Waals surface area contributed by atoms with E-state index in [9.17, 15) is 0 Å². The van der Waals surface area contributed by atoms with Gasteiger partial charge in [0.1, 0.15) is 12.4 Å². The summed E-state index contributed by atoms with van der Waals surface area (Å²) in [5.74, 6) is 1.74. The molecule has 0 saturated carbocycles. The van der Waals surface area contributed by atoms with Crippen LogP contribution in [0.25, 0.3) is 0 Å². The smallest absolute Gasteiger partial charge is 0.156 e. The second kappa shape index (κ2) is 8.50. The highest BCUT2D eigenvalue weighted by Gasteiger charge is 2.16. The molecule has 24 heavy (non-hydrogen) atoms. The Hall–Kier alpha value is -1.57. The minimum absolute atomic E-state index is 0.472. The Morgan fingerprint density at radius 1 is 1.29 bits per heavy atom. The molecule has 2 N–H and O–H groups in total. The zero-order chi connectivity index (χ0) is 16.8. The number of ether oxygens (including phenoxy) is 1. The first-order valence-electron chi connectivity index (χ1n) is 8.58. The number of thiazole rings is 1. The van der Waals surface area contributed by atoms with E-state index >= 15 is 0 Å². The molecule has 0 amide bonds. The number of aryl methyl sites for hydroxylation is 1. The van der Waals surface area contributed by atoms with E-state index in [-0.39, 0.29) is 0 Å². The molecule has 0 aromatic carbocycles. The van der Waals surface area contributed by atoms with Crippen LogP contribution in [0.5, 0.6) is 0 Å². The number of nitrogens with one attached hydrogen (secondary N) is 2. The van der Waals surface area contributed by atoms with Gasteiger partial charge in [-0.2, -0.15) is 0 Å². The molecular weight excluding hydrogens is 322 g/mol. The molecule has 1 aliphatic heterocycles. The van der Waals surface area contributed by atoms with Crippen LogP contribution in [0.2, 0.25) is 0 Å². The van der Waals surface area contributed by atoms with Gasteiger partial charge >= 0.3 is 0 Å². The third kappa shape index (κ3) is 4.28. The Balaban J connectivity index is 1.75. The number of nitrogens with zero attached hydrogens (tertiary/aromatic N) is 3. The van der Waals surface area contributed by atoms with Crippen molar-refractivity contribution < 1.29 is 4.74 Å². The number of rotatable bonds is 7. The van der Waals surface area contributed by atoms with E-state index in [4.69, 9.17) is 14.7 Å². The number of hydrogen-bond acceptors (Lipinski definition) is 7. The Kier molecular flexibility index (Phi) is 6.12. The standard InChI is InChI=1S/C17H25N5OS/c1-3-23-10-16-21-14-5-8-18-7-4-13(14)17(22-16)19-9-6-15-12(2)20-11-24-15/h11,18H,3-10H2,1-2H3,(H,19,21,22). The number of fused-ring (bicyclic) bond motifs is 1. The molecule has 0 bridgehead atoms. The normalized spacial score (nSPS) is 14.2. The molecule has 0 spiro atoms. The van der Waals surface area contributed by atoms with Gasteiger partial charge < -0.3 is 15.4 Å². The highest BCUT2D eigenvalue weighted by Crippen LogP contribution is 2.21. The largest absolute Gasteiger partial charge is 0.374 e.